The predicted octanol–water partition coefficient (Wildman–Crippen LogP) is 0.857. The highest BCUT2D eigenvalue weighted by molar-refractivity contribution is 5.90. The molecule has 0 bridgehead atoms. The highest BCUT2D eigenvalue weighted by Crippen LogP contribution is 2.20. The summed E-state index contributed by atoms with van der Waals surface area (Å²) >= 11 is 0. The second-order valence-electron chi connectivity index (χ2n) is 3.11. The van der Waals surface area contributed by atoms with E-state index in [0.717, 1.165) is 0 Å². The number of ether oxygens (including phenoxy) is 2. The topological polar surface area (TPSA) is 78.6 Å². The van der Waals surface area contributed by atoms with Gasteiger partial charge in [-0.1, -0.05) is 6.07 Å². The zero-order valence-corrected chi connectivity index (χ0v) is 9.15. The number of benzene rings is 1. The van der Waals surface area contributed by atoms with Crippen LogP contribution in [0.1, 0.15) is 22.8 Å². The quantitative estimate of drug-likeness (QED) is 0.607. The van der Waals surface area contributed by atoms with Gasteiger partial charge in [0, 0.05) is 19.0 Å². The van der Waals surface area contributed by atoms with Crippen LogP contribution in [0.25, 0.3) is 0 Å². The molecule has 0 unspecified atom stereocenters. The summed E-state index contributed by atoms with van der Waals surface area (Å²) in [5.74, 6) is -0.661. The number of hydrogen-bond acceptors (Lipinski definition) is 5. The Morgan fingerprint density at radius 3 is 2.56 bits per heavy atom. The Balaban J connectivity index is 3.10. The molecule has 0 spiro atoms. The lowest BCUT2D eigenvalue weighted by molar-refractivity contribution is -0.131. The van der Waals surface area contributed by atoms with E-state index in [1.54, 1.807) is 12.1 Å². The van der Waals surface area contributed by atoms with E-state index < -0.39 is 11.9 Å². The molecule has 0 aliphatic heterocycles. The van der Waals surface area contributed by atoms with Gasteiger partial charge >= 0.3 is 11.9 Å². The molecule has 0 fully saturated rings. The van der Waals surface area contributed by atoms with Crippen molar-refractivity contribution in [3.63, 3.8) is 0 Å². The minimum Gasteiger partial charge on any atom is -0.465 e. The molecule has 0 saturated carbocycles. The van der Waals surface area contributed by atoms with Crippen LogP contribution < -0.4 is 10.5 Å². The van der Waals surface area contributed by atoms with Crippen molar-refractivity contribution in [1.82, 2.24) is 0 Å². The molecule has 1 rings (SSSR count). The van der Waals surface area contributed by atoms with Crippen molar-refractivity contribution in [2.75, 3.05) is 7.11 Å². The zero-order valence-electron chi connectivity index (χ0n) is 9.15. The molecule has 16 heavy (non-hydrogen) atoms. The van der Waals surface area contributed by atoms with Gasteiger partial charge in [0.25, 0.3) is 0 Å². The number of hydrogen-bond donors (Lipinski definition) is 1. The third kappa shape index (κ3) is 2.80. The molecule has 86 valence electrons. The van der Waals surface area contributed by atoms with Crippen LogP contribution in [0.4, 0.5) is 0 Å². The van der Waals surface area contributed by atoms with Crippen molar-refractivity contribution >= 4 is 11.9 Å². The van der Waals surface area contributed by atoms with Gasteiger partial charge in [-0.3, -0.25) is 4.79 Å². The summed E-state index contributed by atoms with van der Waals surface area (Å²) in [5, 5.41) is 0. The van der Waals surface area contributed by atoms with Crippen molar-refractivity contribution in [1.29, 1.82) is 0 Å². The Hall–Kier alpha value is -1.88. The summed E-state index contributed by atoms with van der Waals surface area (Å²) in [5.41, 5.74) is 6.45. The molecule has 5 heteroatoms. The van der Waals surface area contributed by atoms with E-state index in [4.69, 9.17) is 10.5 Å². The molecule has 1 aromatic carbocycles. The first-order chi connectivity index (χ1) is 7.58. The molecule has 0 aliphatic carbocycles. The van der Waals surface area contributed by atoms with Gasteiger partial charge in [0.1, 0.15) is 5.75 Å². The maximum absolute atomic E-state index is 11.3. The molecular formula is C11H13NO4. The monoisotopic (exact) mass is 223 g/mol. The number of nitrogens with two attached hydrogens (primary N) is 1. The number of carbonyl (C=O) groups is 2. The van der Waals surface area contributed by atoms with Crippen LogP contribution in [-0.2, 0) is 16.1 Å². The van der Waals surface area contributed by atoms with Gasteiger partial charge < -0.3 is 15.2 Å². The normalized spacial score (nSPS) is 9.69. The highest BCUT2D eigenvalue weighted by Gasteiger charge is 2.11. The molecule has 0 aliphatic rings. The summed E-state index contributed by atoms with van der Waals surface area (Å²) in [7, 11) is 1.28. The van der Waals surface area contributed by atoms with Crippen LogP contribution in [0.15, 0.2) is 18.2 Å². The van der Waals surface area contributed by atoms with E-state index in [1.165, 1.54) is 20.1 Å². The molecule has 0 heterocycles. The summed E-state index contributed by atoms with van der Waals surface area (Å²) in [6.45, 7) is 1.51. The summed E-state index contributed by atoms with van der Waals surface area (Å²) in [6, 6.07) is 4.64. The van der Waals surface area contributed by atoms with Gasteiger partial charge in [-0.2, -0.15) is 0 Å². The van der Waals surface area contributed by atoms with Crippen LogP contribution in [-0.4, -0.2) is 19.0 Å². The van der Waals surface area contributed by atoms with Gasteiger partial charge in [0.05, 0.1) is 12.7 Å². The molecular weight excluding hydrogens is 210 g/mol. The van der Waals surface area contributed by atoms with Crippen molar-refractivity contribution < 1.29 is 19.1 Å². The highest BCUT2D eigenvalue weighted by atomic mass is 16.5. The minimum absolute atomic E-state index is 0.226. The van der Waals surface area contributed by atoms with E-state index in [2.05, 4.69) is 4.74 Å². The van der Waals surface area contributed by atoms with Gasteiger partial charge in [-0.05, 0) is 12.1 Å². The van der Waals surface area contributed by atoms with Crippen LogP contribution >= 0.6 is 0 Å². The van der Waals surface area contributed by atoms with E-state index >= 15 is 0 Å². The SMILES string of the molecule is COC(=O)c1ccc(CN)c(OC(C)=O)c1. The standard InChI is InChI=1S/C11H13NO4/c1-7(13)16-10-5-8(11(14)15-2)3-4-9(10)6-12/h3-5H,6,12H2,1-2H3. The Labute approximate surface area is 93.1 Å². The molecule has 1 aromatic rings. The molecule has 0 atom stereocenters. The largest absolute Gasteiger partial charge is 0.465 e. The number of rotatable bonds is 3. The smallest absolute Gasteiger partial charge is 0.337 e. The fraction of sp³-hybridized carbons (Fsp3) is 0.273. The van der Waals surface area contributed by atoms with Crippen LogP contribution in [0.2, 0.25) is 0 Å². The van der Waals surface area contributed by atoms with Crippen LogP contribution in [0.5, 0.6) is 5.75 Å². The van der Waals surface area contributed by atoms with Crippen LogP contribution in [0.3, 0.4) is 0 Å². The lowest BCUT2D eigenvalue weighted by Gasteiger charge is -2.08. The Bertz CT molecular complexity index is 414. The van der Waals surface area contributed by atoms with E-state index in [0.29, 0.717) is 11.1 Å². The van der Waals surface area contributed by atoms with Crippen molar-refractivity contribution in [3.8, 4) is 5.75 Å². The number of carbonyl (C=O) groups excluding carboxylic acids is 2. The van der Waals surface area contributed by atoms with E-state index in [-0.39, 0.29) is 12.3 Å². The van der Waals surface area contributed by atoms with Crippen molar-refractivity contribution in [2.45, 2.75) is 13.5 Å². The third-order valence-corrected chi connectivity index (χ3v) is 1.96. The minimum atomic E-state index is -0.489. The Morgan fingerprint density at radius 1 is 1.38 bits per heavy atom. The Kier molecular flexibility index (Phi) is 4.02. The summed E-state index contributed by atoms with van der Waals surface area (Å²) < 4.78 is 9.50. The predicted molar refractivity (Wildman–Crippen MR) is 57.0 cm³/mol. The van der Waals surface area contributed by atoms with Crippen molar-refractivity contribution in [3.05, 3.63) is 29.3 Å². The van der Waals surface area contributed by atoms with E-state index in [1.807, 2.05) is 0 Å². The molecule has 0 amide bonds. The first kappa shape index (κ1) is 12.2. The number of esters is 2. The van der Waals surface area contributed by atoms with Gasteiger partial charge in [-0.15, -0.1) is 0 Å². The Morgan fingerprint density at radius 2 is 2.06 bits per heavy atom. The molecule has 2 N–H and O–H groups in total. The third-order valence-electron chi connectivity index (χ3n) is 1.96. The molecule has 5 nitrogen and oxygen atoms in total. The average Bonchev–Trinajstić information content (AvgIpc) is 2.27. The van der Waals surface area contributed by atoms with Crippen molar-refractivity contribution in [2.24, 2.45) is 5.73 Å². The summed E-state index contributed by atoms with van der Waals surface area (Å²) in [6.07, 6.45) is 0. The van der Waals surface area contributed by atoms with Crippen LogP contribution in [0, 0.1) is 0 Å². The zero-order chi connectivity index (χ0) is 12.1. The molecule has 0 radical (unpaired) electrons. The van der Waals surface area contributed by atoms with Gasteiger partial charge in [0.2, 0.25) is 0 Å². The first-order valence-corrected chi connectivity index (χ1v) is 4.68. The lowest BCUT2D eigenvalue weighted by atomic mass is 10.1. The molecule has 0 aromatic heterocycles. The fourth-order valence-corrected chi connectivity index (χ4v) is 1.22. The lowest BCUT2D eigenvalue weighted by Crippen LogP contribution is -2.09. The second kappa shape index (κ2) is 5.27. The number of methoxy groups -OCH3 is 1. The summed E-state index contributed by atoms with van der Waals surface area (Å²) in [4.78, 5) is 22.1. The first-order valence-electron chi connectivity index (χ1n) is 4.68. The fourth-order valence-electron chi connectivity index (χ4n) is 1.22. The van der Waals surface area contributed by atoms with E-state index in [9.17, 15) is 9.59 Å². The maximum Gasteiger partial charge on any atom is 0.337 e. The maximum atomic E-state index is 11.3. The molecule has 0 saturated heterocycles. The second-order valence-corrected chi connectivity index (χ2v) is 3.11. The van der Waals surface area contributed by atoms with Gasteiger partial charge in [-0.25, -0.2) is 4.79 Å². The van der Waals surface area contributed by atoms with Gasteiger partial charge in [0.15, 0.2) is 0 Å². The average molecular weight is 223 g/mol.